The van der Waals surface area contributed by atoms with E-state index in [1.807, 2.05) is 13.8 Å². The first kappa shape index (κ1) is 8.78. The third-order valence-corrected chi connectivity index (χ3v) is 1.63. The Morgan fingerprint density at radius 2 is 2.25 bits per heavy atom. The Bertz CT molecular complexity index is 292. The van der Waals surface area contributed by atoms with Crippen LogP contribution in [-0.2, 0) is 0 Å². The Balaban J connectivity index is 2.96. The lowest BCUT2D eigenvalue weighted by molar-refractivity contribution is 0.0939. The van der Waals surface area contributed by atoms with Crippen molar-refractivity contribution >= 4 is 11.5 Å². The molecule has 1 aromatic rings. The number of hydrogen-bond acceptors (Lipinski definition) is 2. The van der Waals surface area contributed by atoms with Gasteiger partial charge in [0, 0.05) is 23.2 Å². The molecule has 1 rings (SSSR count). The number of benzene rings is 1. The molecule has 0 amide bonds. The van der Waals surface area contributed by atoms with Gasteiger partial charge in [-0.15, -0.1) is 0 Å². The maximum atomic E-state index is 11.4. The molecule has 0 saturated heterocycles. The molecule has 0 unspecified atom stereocenters. The summed E-state index contributed by atoms with van der Waals surface area (Å²) >= 11 is 0. The van der Waals surface area contributed by atoms with Crippen molar-refractivity contribution in [1.82, 2.24) is 0 Å². The zero-order valence-electron chi connectivity index (χ0n) is 7.29. The molecule has 63 valence electrons. The fourth-order valence-electron chi connectivity index (χ4n) is 0.972. The molecule has 2 N–H and O–H groups in total. The van der Waals surface area contributed by atoms with Gasteiger partial charge in [0.25, 0.3) is 0 Å². The number of carbonyl (C=O) groups excluding carboxylic acids is 1. The molecule has 0 bridgehead atoms. The summed E-state index contributed by atoms with van der Waals surface area (Å²) in [6.07, 6.45) is 0. The number of hydrogen-bond donors (Lipinski definition) is 1. The van der Waals surface area contributed by atoms with Gasteiger partial charge in [0.15, 0.2) is 5.78 Å². The molecule has 0 aliphatic rings. The lowest BCUT2D eigenvalue weighted by Crippen LogP contribution is -2.07. The standard InChI is InChI=1S/C10H12NO/c1-7(2)10(12)8-4-3-5-9(11)6-8/h3-4,6-7H,11H2,1-2H3. The highest BCUT2D eigenvalue weighted by Gasteiger charge is 2.09. The lowest BCUT2D eigenvalue weighted by Gasteiger charge is -2.03. The maximum absolute atomic E-state index is 11.4. The Morgan fingerprint density at radius 3 is 2.75 bits per heavy atom. The first-order valence-corrected chi connectivity index (χ1v) is 3.92. The molecule has 0 heterocycles. The van der Waals surface area contributed by atoms with E-state index in [0.29, 0.717) is 11.3 Å². The minimum atomic E-state index is 0.0202. The number of Topliss-reactive ketones (excluding diaryl/α,β-unsaturated/α-hetero) is 1. The second kappa shape index (κ2) is 3.39. The van der Waals surface area contributed by atoms with Crippen molar-refractivity contribution in [1.29, 1.82) is 0 Å². The molecule has 0 aliphatic heterocycles. The van der Waals surface area contributed by atoms with E-state index in [9.17, 15) is 4.79 Å². The lowest BCUT2D eigenvalue weighted by atomic mass is 10.0. The van der Waals surface area contributed by atoms with Gasteiger partial charge in [-0.2, -0.15) is 0 Å². The van der Waals surface area contributed by atoms with E-state index < -0.39 is 0 Å². The molecule has 0 fully saturated rings. The molecule has 0 aliphatic carbocycles. The van der Waals surface area contributed by atoms with Crippen LogP contribution in [0.2, 0.25) is 0 Å². The molecule has 2 heteroatoms. The second-order valence-electron chi connectivity index (χ2n) is 3.05. The predicted molar refractivity (Wildman–Crippen MR) is 48.9 cm³/mol. The van der Waals surface area contributed by atoms with E-state index in [-0.39, 0.29) is 11.7 Å². The Hall–Kier alpha value is -1.31. The van der Waals surface area contributed by atoms with Crippen molar-refractivity contribution in [2.24, 2.45) is 5.92 Å². The summed E-state index contributed by atoms with van der Waals surface area (Å²) in [4.78, 5) is 11.4. The van der Waals surface area contributed by atoms with Crippen molar-refractivity contribution in [2.45, 2.75) is 13.8 Å². The first-order chi connectivity index (χ1) is 5.61. The van der Waals surface area contributed by atoms with Gasteiger partial charge in [-0.25, -0.2) is 0 Å². The number of rotatable bonds is 2. The second-order valence-corrected chi connectivity index (χ2v) is 3.05. The van der Waals surface area contributed by atoms with Crippen LogP contribution in [0.5, 0.6) is 0 Å². The zero-order valence-corrected chi connectivity index (χ0v) is 7.29. The highest BCUT2D eigenvalue weighted by atomic mass is 16.1. The smallest absolute Gasteiger partial charge is 0.165 e. The summed E-state index contributed by atoms with van der Waals surface area (Å²) in [6.45, 7) is 3.74. The van der Waals surface area contributed by atoms with Crippen molar-refractivity contribution in [3.05, 3.63) is 29.8 Å². The monoisotopic (exact) mass is 162 g/mol. The highest BCUT2D eigenvalue weighted by Crippen LogP contribution is 2.10. The van der Waals surface area contributed by atoms with Gasteiger partial charge < -0.3 is 5.73 Å². The van der Waals surface area contributed by atoms with Gasteiger partial charge in [-0.05, 0) is 6.07 Å². The van der Waals surface area contributed by atoms with Crippen molar-refractivity contribution in [3.8, 4) is 0 Å². The summed E-state index contributed by atoms with van der Waals surface area (Å²) in [6, 6.07) is 7.85. The minimum absolute atomic E-state index is 0.0202. The molecule has 2 nitrogen and oxygen atoms in total. The summed E-state index contributed by atoms with van der Waals surface area (Å²) in [5.74, 6) is 0.141. The van der Waals surface area contributed by atoms with Gasteiger partial charge >= 0.3 is 0 Å². The first-order valence-electron chi connectivity index (χ1n) is 3.92. The quantitative estimate of drug-likeness (QED) is 0.533. The summed E-state index contributed by atoms with van der Waals surface area (Å²) < 4.78 is 0. The maximum Gasteiger partial charge on any atom is 0.165 e. The van der Waals surface area contributed by atoms with Gasteiger partial charge in [0.1, 0.15) is 0 Å². The van der Waals surface area contributed by atoms with Gasteiger partial charge in [0.2, 0.25) is 0 Å². The Morgan fingerprint density at radius 1 is 1.58 bits per heavy atom. The van der Waals surface area contributed by atoms with Crippen LogP contribution < -0.4 is 5.73 Å². The van der Waals surface area contributed by atoms with Gasteiger partial charge in [-0.3, -0.25) is 4.79 Å². The fraction of sp³-hybridized carbons (Fsp3) is 0.300. The van der Waals surface area contributed by atoms with Crippen molar-refractivity contribution in [2.75, 3.05) is 5.73 Å². The predicted octanol–water partition coefficient (Wildman–Crippen LogP) is 1.91. The highest BCUT2D eigenvalue weighted by molar-refractivity contribution is 5.98. The summed E-state index contributed by atoms with van der Waals surface area (Å²) in [5, 5.41) is 0. The Labute approximate surface area is 72.4 Å². The van der Waals surface area contributed by atoms with Crippen LogP contribution in [0.1, 0.15) is 24.2 Å². The van der Waals surface area contributed by atoms with E-state index in [2.05, 4.69) is 6.07 Å². The molecule has 0 saturated carbocycles. The van der Waals surface area contributed by atoms with Gasteiger partial charge in [0.05, 0.1) is 0 Å². The molecule has 1 aromatic carbocycles. The van der Waals surface area contributed by atoms with E-state index in [0.717, 1.165) is 0 Å². The van der Waals surface area contributed by atoms with E-state index in [1.165, 1.54) is 0 Å². The zero-order chi connectivity index (χ0) is 9.14. The number of nitrogen functional groups attached to an aromatic ring is 1. The van der Waals surface area contributed by atoms with Crippen LogP contribution >= 0.6 is 0 Å². The van der Waals surface area contributed by atoms with Crippen molar-refractivity contribution < 1.29 is 4.79 Å². The average molecular weight is 162 g/mol. The minimum Gasteiger partial charge on any atom is -0.398 e. The number of anilines is 1. The normalized spacial score (nSPS) is 10.2. The summed E-state index contributed by atoms with van der Waals surface area (Å²) in [7, 11) is 0. The summed E-state index contributed by atoms with van der Waals surface area (Å²) in [5.41, 5.74) is 6.67. The van der Waals surface area contributed by atoms with Crippen LogP contribution in [0.15, 0.2) is 18.2 Å². The third kappa shape index (κ3) is 1.84. The van der Waals surface area contributed by atoms with Crippen LogP contribution in [0.4, 0.5) is 5.69 Å². The molecular weight excluding hydrogens is 150 g/mol. The molecule has 12 heavy (non-hydrogen) atoms. The molecule has 0 spiro atoms. The topological polar surface area (TPSA) is 43.1 Å². The number of carbonyl (C=O) groups is 1. The largest absolute Gasteiger partial charge is 0.398 e. The van der Waals surface area contributed by atoms with Crippen LogP contribution in [-0.4, -0.2) is 5.78 Å². The Kier molecular flexibility index (Phi) is 2.48. The van der Waals surface area contributed by atoms with Gasteiger partial charge in [-0.1, -0.05) is 26.0 Å². The number of nitrogens with two attached hydrogens (primary N) is 1. The van der Waals surface area contributed by atoms with Crippen LogP contribution in [0.25, 0.3) is 0 Å². The van der Waals surface area contributed by atoms with Crippen LogP contribution in [0, 0.1) is 12.0 Å². The third-order valence-electron chi connectivity index (χ3n) is 1.63. The fourth-order valence-corrected chi connectivity index (χ4v) is 0.972. The average Bonchev–Trinajstić information content (AvgIpc) is 2.03. The number of ketones is 1. The molecule has 1 radical (unpaired) electrons. The molecular formula is C10H12NO. The van der Waals surface area contributed by atoms with Crippen LogP contribution in [0.3, 0.4) is 0 Å². The van der Waals surface area contributed by atoms with E-state index >= 15 is 0 Å². The van der Waals surface area contributed by atoms with Crippen molar-refractivity contribution in [3.63, 3.8) is 0 Å². The van der Waals surface area contributed by atoms with E-state index in [1.54, 1.807) is 18.2 Å². The SMILES string of the molecule is CC(C)C(=O)c1cc[c]c(N)c1. The van der Waals surface area contributed by atoms with E-state index in [4.69, 9.17) is 5.73 Å². The molecule has 0 atom stereocenters. The molecule has 0 aromatic heterocycles.